The fourth-order valence-corrected chi connectivity index (χ4v) is 1.15. The van der Waals surface area contributed by atoms with Crippen LogP contribution in [0.4, 0.5) is 0 Å². The molecular weight excluding hydrogens is 164 g/mol. The molecule has 0 atom stereocenters. The number of allylic oxidation sites excluding steroid dienone is 1. The third-order valence-corrected chi connectivity index (χ3v) is 1.75. The van der Waals surface area contributed by atoms with Gasteiger partial charge in [-0.2, -0.15) is 5.26 Å². The number of benzene rings is 1. The minimum Gasteiger partial charge on any atom is -0.356 e. The zero-order chi connectivity index (χ0) is 9.10. The van der Waals surface area contributed by atoms with E-state index in [0.717, 1.165) is 5.56 Å². The Kier molecular flexibility index (Phi) is 1.81. The summed E-state index contributed by atoms with van der Waals surface area (Å²) in [6.07, 6.45) is 5.10. The molecule has 0 aromatic heterocycles. The minimum atomic E-state index is 0.597. The van der Waals surface area contributed by atoms with E-state index >= 15 is 0 Å². The average Bonchev–Trinajstić information content (AvgIpc) is 2.41. The Hall–Kier alpha value is -2.08. The number of hydrogen-bond donors (Lipinski definition) is 0. The van der Waals surface area contributed by atoms with E-state index < -0.39 is 0 Å². The lowest BCUT2D eigenvalue weighted by Gasteiger charge is -2.02. The first-order valence-electron chi connectivity index (χ1n) is 3.82. The summed E-state index contributed by atoms with van der Waals surface area (Å²) in [5, 5.41) is 12.5. The van der Waals surface area contributed by atoms with Crippen LogP contribution in [0.3, 0.4) is 0 Å². The van der Waals surface area contributed by atoms with Crippen LogP contribution in [-0.2, 0) is 0 Å². The zero-order valence-electron chi connectivity index (χ0n) is 6.77. The quantitative estimate of drug-likeness (QED) is 0.597. The highest BCUT2D eigenvalue weighted by Gasteiger charge is 2.07. The molecule has 1 aromatic rings. The van der Waals surface area contributed by atoms with E-state index in [1.54, 1.807) is 30.5 Å². The third-order valence-electron chi connectivity index (χ3n) is 1.75. The standard InChI is InChI=1S/C10H6N2O/c11-7-8-3-1-5-10-9(8)4-2-6-12-13-10/h1-6H. The molecule has 1 aromatic carbocycles. The number of nitriles is 1. The number of rotatable bonds is 0. The molecule has 1 heterocycles. The first kappa shape index (κ1) is 7.56. The van der Waals surface area contributed by atoms with Gasteiger partial charge in [-0.15, -0.1) is 0 Å². The zero-order valence-corrected chi connectivity index (χ0v) is 6.77. The van der Waals surface area contributed by atoms with Crippen LogP contribution >= 0.6 is 0 Å². The van der Waals surface area contributed by atoms with E-state index in [-0.39, 0.29) is 0 Å². The molecular formula is C10H6N2O. The van der Waals surface area contributed by atoms with Crippen molar-refractivity contribution in [1.29, 1.82) is 5.26 Å². The van der Waals surface area contributed by atoms with Gasteiger partial charge in [-0.25, -0.2) is 0 Å². The van der Waals surface area contributed by atoms with E-state index in [9.17, 15) is 0 Å². The molecule has 62 valence electrons. The summed E-state index contributed by atoms with van der Waals surface area (Å²) in [7, 11) is 0. The Labute approximate surface area is 75.6 Å². The van der Waals surface area contributed by atoms with Crippen LogP contribution in [0.1, 0.15) is 11.1 Å². The van der Waals surface area contributed by atoms with E-state index in [2.05, 4.69) is 11.2 Å². The topological polar surface area (TPSA) is 45.4 Å². The van der Waals surface area contributed by atoms with Gasteiger partial charge in [0.2, 0.25) is 0 Å². The summed E-state index contributed by atoms with van der Waals surface area (Å²) in [6.45, 7) is 0. The smallest absolute Gasteiger partial charge is 0.166 e. The molecule has 3 heteroatoms. The van der Waals surface area contributed by atoms with Crippen LogP contribution in [0.15, 0.2) is 29.4 Å². The van der Waals surface area contributed by atoms with Crippen LogP contribution in [0.5, 0.6) is 5.75 Å². The molecule has 0 radical (unpaired) electrons. The second-order valence-corrected chi connectivity index (χ2v) is 2.53. The van der Waals surface area contributed by atoms with Gasteiger partial charge in [0.15, 0.2) is 5.75 Å². The van der Waals surface area contributed by atoms with Crippen LogP contribution in [0.25, 0.3) is 6.08 Å². The fraction of sp³-hybridized carbons (Fsp3) is 0. The van der Waals surface area contributed by atoms with E-state index in [1.807, 2.05) is 6.08 Å². The Morgan fingerprint density at radius 1 is 1.38 bits per heavy atom. The molecule has 0 spiro atoms. The van der Waals surface area contributed by atoms with Crippen molar-refractivity contribution < 1.29 is 4.84 Å². The number of fused-ring (bicyclic) bond motifs is 1. The predicted octanol–water partition coefficient (Wildman–Crippen LogP) is 1.95. The summed E-state index contributed by atoms with van der Waals surface area (Å²) in [5.41, 5.74) is 1.38. The van der Waals surface area contributed by atoms with Crippen molar-refractivity contribution in [2.75, 3.05) is 0 Å². The largest absolute Gasteiger partial charge is 0.356 e. The maximum absolute atomic E-state index is 8.81. The van der Waals surface area contributed by atoms with Crippen LogP contribution < -0.4 is 4.84 Å². The molecule has 0 saturated carbocycles. The maximum Gasteiger partial charge on any atom is 0.166 e. The summed E-state index contributed by atoms with van der Waals surface area (Å²) in [6, 6.07) is 7.39. The van der Waals surface area contributed by atoms with Crippen LogP contribution in [0.2, 0.25) is 0 Å². The van der Waals surface area contributed by atoms with Crippen molar-refractivity contribution >= 4 is 12.3 Å². The summed E-state index contributed by atoms with van der Waals surface area (Å²) < 4.78 is 0. The molecule has 1 aliphatic heterocycles. The van der Waals surface area contributed by atoms with Gasteiger partial charge >= 0.3 is 0 Å². The minimum absolute atomic E-state index is 0.597. The highest BCUT2D eigenvalue weighted by Crippen LogP contribution is 2.24. The highest BCUT2D eigenvalue weighted by molar-refractivity contribution is 5.81. The van der Waals surface area contributed by atoms with Crippen molar-refractivity contribution in [3.8, 4) is 11.8 Å². The second-order valence-electron chi connectivity index (χ2n) is 2.53. The molecule has 0 aliphatic carbocycles. The molecule has 0 bridgehead atoms. The molecule has 0 N–H and O–H groups in total. The number of oxime groups is 1. The molecule has 0 fully saturated rings. The summed E-state index contributed by atoms with van der Waals surface area (Å²) in [4.78, 5) is 5.05. The van der Waals surface area contributed by atoms with E-state index in [1.165, 1.54) is 0 Å². The van der Waals surface area contributed by atoms with Gasteiger partial charge in [0, 0.05) is 5.56 Å². The normalized spacial score (nSPS) is 12.5. The summed E-state index contributed by atoms with van der Waals surface area (Å²) in [5.74, 6) is 0.615. The number of nitrogens with zero attached hydrogens (tertiary/aromatic N) is 2. The van der Waals surface area contributed by atoms with Crippen molar-refractivity contribution in [3.05, 3.63) is 35.4 Å². The lowest BCUT2D eigenvalue weighted by molar-refractivity contribution is 0.344. The lowest BCUT2D eigenvalue weighted by Crippen LogP contribution is -1.87. The van der Waals surface area contributed by atoms with Gasteiger partial charge in [0.05, 0.1) is 17.8 Å². The average molecular weight is 170 g/mol. The highest BCUT2D eigenvalue weighted by atomic mass is 16.6. The van der Waals surface area contributed by atoms with Crippen molar-refractivity contribution in [2.45, 2.75) is 0 Å². The molecule has 13 heavy (non-hydrogen) atoms. The van der Waals surface area contributed by atoms with E-state index in [0.29, 0.717) is 11.3 Å². The first-order valence-corrected chi connectivity index (χ1v) is 3.82. The first-order chi connectivity index (χ1) is 6.42. The fourth-order valence-electron chi connectivity index (χ4n) is 1.15. The van der Waals surface area contributed by atoms with Crippen molar-refractivity contribution in [2.24, 2.45) is 5.16 Å². The Balaban J connectivity index is 2.63. The van der Waals surface area contributed by atoms with Gasteiger partial charge in [-0.1, -0.05) is 11.2 Å². The van der Waals surface area contributed by atoms with E-state index in [4.69, 9.17) is 10.1 Å². The second kappa shape index (κ2) is 3.11. The Bertz CT molecular complexity index is 427. The van der Waals surface area contributed by atoms with Crippen molar-refractivity contribution in [1.82, 2.24) is 0 Å². The van der Waals surface area contributed by atoms with Crippen LogP contribution in [0, 0.1) is 11.3 Å². The van der Waals surface area contributed by atoms with Gasteiger partial charge in [-0.3, -0.25) is 0 Å². The lowest BCUT2D eigenvalue weighted by atomic mass is 10.1. The number of hydrogen-bond acceptors (Lipinski definition) is 3. The Morgan fingerprint density at radius 2 is 2.31 bits per heavy atom. The van der Waals surface area contributed by atoms with Crippen LogP contribution in [-0.4, -0.2) is 6.21 Å². The molecule has 3 nitrogen and oxygen atoms in total. The molecule has 0 unspecified atom stereocenters. The van der Waals surface area contributed by atoms with Gasteiger partial charge in [0.1, 0.15) is 0 Å². The summed E-state index contributed by atoms with van der Waals surface area (Å²) >= 11 is 0. The predicted molar refractivity (Wildman–Crippen MR) is 49.3 cm³/mol. The van der Waals surface area contributed by atoms with Gasteiger partial charge in [-0.05, 0) is 24.3 Å². The van der Waals surface area contributed by atoms with Gasteiger partial charge < -0.3 is 4.84 Å². The third kappa shape index (κ3) is 1.30. The van der Waals surface area contributed by atoms with Crippen molar-refractivity contribution in [3.63, 3.8) is 0 Å². The monoisotopic (exact) mass is 170 g/mol. The SMILES string of the molecule is N#Cc1cccc2c1C=CC=NO2. The Morgan fingerprint density at radius 3 is 3.15 bits per heavy atom. The molecule has 1 aliphatic rings. The molecule has 0 amide bonds. The molecule has 0 saturated heterocycles. The van der Waals surface area contributed by atoms with Gasteiger partial charge in [0.25, 0.3) is 0 Å². The maximum atomic E-state index is 8.81. The molecule has 2 rings (SSSR count).